The standard InChI is InChI=1S/C11H14BrNO2/c1-8-5-4-6-9(13(14)15)10(8)11(2,3)7-12/h4-6H,7H2,1-3H3. The van der Waals surface area contributed by atoms with Crippen molar-refractivity contribution in [3.63, 3.8) is 0 Å². The smallest absolute Gasteiger partial charge is 0.258 e. The van der Waals surface area contributed by atoms with Gasteiger partial charge in [-0.05, 0) is 12.5 Å². The van der Waals surface area contributed by atoms with E-state index in [-0.39, 0.29) is 16.0 Å². The number of hydrogen-bond acceptors (Lipinski definition) is 2. The van der Waals surface area contributed by atoms with Gasteiger partial charge in [-0.2, -0.15) is 0 Å². The first-order valence-electron chi connectivity index (χ1n) is 4.70. The Morgan fingerprint density at radius 1 is 1.47 bits per heavy atom. The highest BCUT2D eigenvalue weighted by molar-refractivity contribution is 9.09. The van der Waals surface area contributed by atoms with E-state index in [0.717, 1.165) is 11.1 Å². The average molecular weight is 272 g/mol. The summed E-state index contributed by atoms with van der Waals surface area (Å²) in [7, 11) is 0. The van der Waals surface area contributed by atoms with Gasteiger partial charge in [-0.3, -0.25) is 10.1 Å². The molecule has 0 bridgehead atoms. The van der Waals surface area contributed by atoms with Crippen LogP contribution in [0.25, 0.3) is 0 Å². The van der Waals surface area contributed by atoms with Crippen molar-refractivity contribution < 1.29 is 4.92 Å². The first-order chi connectivity index (χ1) is 6.90. The lowest BCUT2D eigenvalue weighted by Gasteiger charge is -2.23. The zero-order valence-corrected chi connectivity index (χ0v) is 10.7. The van der Waals surface area contributed by atoms with Crippen molar-refractivity contribution in [2.45, 2.75) is 26.2 Å². The zero-order chi connectivity index (χ0) is 11.6. The van der Waals surface area contributed by atoms with Crippen molar-refractivity contribution in [1.82, 2.24) is 0 Å². The summed E-state index contributed by atoms with van der Waals surface area (Å²) in [6.07, 6.45) is 0. The molecular weight excluding hydrogens is 258 g/mol. The van der Waals surface area contributed by atoms with Crippen molar-refractivity contribution in [3.8, 4) is 0 Å². The molecule has 0 aliphatic rings. The Labute approximate surface area is 97.8 Å². The molecule has 0 amide bonds. The maximum absolute atomic E-state index is 10.9. The largest absolute Gasteiger partial charge is 0.273 e. The molecule has 0 aliphatic carbocycles. The van der Waals surface area contributed by atoms with Gasteiger partial charge in [0.25, 0.3) is 5.69 Å². The van der Waals surface area contributed by atoms with Crippen LogP contribution in [-0.4, -0.2) is 10.3 Å². The third kappa shape index (κ3) is 2.37. The highest BCUT2D eigenvalue weighted by Gasteiger charge is 2.29. The highest BCUT2D eigenvalue weighted by Crippen LogP contribution is 2.35. The molecule has 0 saturated heterocycles. The third-order valence-electron chi connectivity index (χ3n) is 2.46. The number of nitro groups is 1. The van der Waals surface area contributed by atoms with Crippen LogP contribution >= 0.6 is 15.9 Å². The normalized spacial score (nSPS) is 11.5. The number of alkyl halides is 1. The minimum absolute atomic E-state index is 0.208. The van der Waals surface area contributed by atoms with E-state index in [4.69, 9.17) is 0 Å². The fraction of sp³-hybridized carbons (Fsp3) is 0.455. The van der Waals surface area contributed by atoms with Crippen LogP contribution in [0.4, 0.5) is 5.69 Å². The molecule has 1 aromatic rings. The number of rotatable bonds is 3. The monoisotopic (exact) mass is 271 g/mol. The van der Waals surface area contributed by atoms with Gasteiger partial charge in [-0.15, -0.1) is 0 Å². The Morgan fingerprint density at radius 3 is 2.53 bits per heavy atom. The Hall–Kier alpha value is -0.900. The number of hydrogen-bond donors (Lipinski definition) is 0. The lowest BCUT2D eigenvalue weighted by atomic mass is 9.83. The van der Waals surface area contributed by atoms with Gasteiger partial charge in [0.1, 0.15) is 0 Å². The molecular formula is C11H14BrNO2. The lowest BCUT2D eigenvalue weighted by molar-refractivity contribution is -0.386. The highest BCUT2D eigenvalue weighted by atomic mass is 79.9. The Bertz CT molecular complexity index is 388. The van der Waals surface area contributed by atoms with Gasteiger partial charge in [-0.1, -0.05) is 41.9 Å². The summed E-state index contributed by atoms with van der Waals surface area (Å²) in [4.78, 5) is 10.6. The molecule has 0 spiro atoms. The van der Waals surface area contributed by atoms with E-state index in [1.165, 1.54) is 0 Å². The van der Waals surface area contributed by atoms with Gasteiger partial charge in [0.15, 0.2) is 0 Å². The van der Waals surface area contributed by atoms with Crippen LogP contribution in [0.2, 0.25) is 0 Å². The van der Waals surface area contributed by atoms with Crippen LogP contribution in [0.15, 0.2) is 18.2 Å². The fourth-order valence-electron chi connectivity index (χ4n) is 1.75. The van der Waals surface area contributed by atoms with Gasteiger partial charge < -0.3 is 0 Å². The molecule has 1 aromatic carbocycles. The lowest BCUT2D eigenvalue weighted by Crippen LogP contribution is -2.21. The second-order valence-corrected chi connectivity index (χ2v) is 4.80. The summed E-state index contributed by atoms with van der Waals surface area (Å²) >= 11 is 3.40. The Balaban J connectivity index is 3.44. The molecule has 82 valence electrons. The number of benzene rings is 1. The number of halogens is 1. The minimum Gasteiger partial charge on any atom is -0.258 e. The summed E-state index contributed by atoms with van der Waals surface area (Å²) < 4.78 is 0. The molecule has 3 nitrogen and oxygen atoms in total. The van der Waals surface area contributed by atoms with Gasteiger partial charge in [0, 0.05) is 22.4 Å². The van der Waals surface area contributed by atoms with Gasteiger partial charge in [0.2, 0.25) is 0 Å². The first kappa shape index (κ1) is 12.2. The molecule has 0 radical (unpaired) electrons. The number of nitrogens with zero attached hydrogens (tertiary/aromatic N) is 1. The summed E-state index contributed by atoms with van der Waals surface area (Å²) in [5, 5.41) is 11.6. The van der Waals surface area contributed by atoms with Crippen molar-refractivity contribution in [3.05, 3.63) is 39.4 Å². The molecule has 0 fully saturated rings. The van der Waals surface area contributed by atoms with Crippen LogP contribution < -0.4 is 0 Å². The van der Waals surface area contributed by atoms with Gasteiger partial charge in [0.05, 0.1) is 4.92 Å². The maximum Gasteiger partial charge on any atom is 0.273 e. The molecule has 0 N–H and O–H groups in total. The van der Waals surface area contributed by atoms with Crippen LogP contribution in [-0.2, 0) is 5.41 Å². The van der Waals surface area contributed by atoms with Crippen LogP contribution in [0, 0.1) is 17.0 Å². The summed E-state index contributed by atoms with van der Waals surface area (Å²) in [6, 6.07) is 5.20. The van der Waals surface area contributed by atoms with Crippen LogP contribution in [0.5, 0.6) is 0 Å². The topological polar surface area (TPSA) is 43.1 Å². The van der Waals surface area contributed by atoms with Gasteiger partial charge >= 0.3 is 0 Å². The van der Waals surface area contributed by atoms with Crippen molar-refractivity contribution >= 4 is 21.6 Å². The second-order valence-electron chi connectivity index (χ2n) is 4.24. The fourth-order valence-corrected chi connectivity index (χ4v) is 2.03. The molecule has 0 aliphatic heterocycles. The summed E-state index contributed by atoms with van der Waals surface area (Å²) in [6.45, 7) is 5.90. The quantitative estimate of drug-likeness (QED) is 0.479. The molecule has 0 atom stereocenters. The van der Waals surface area contributed by atoms with E-state index in [0.29, 0.717) is 5.33 Å². The third-order valence-corrected chi connectivity index (χ3v) is 3.86. The predicted octanol–water partition coefficient (Wildman–Crippen LogP) is 3.58. The SMILES string of the molecule is Cc1cccc([N+](=O)[O-])c1C(C)(C)CBr. The molecule has 0 unspecified atom stereocenters. The number of aryl methyl sites for hydroxylation is 1. The summed E-state index contributed by atoms with van der Waals surface area (Å²) in [5.41, 5.74) is 1.76. The van der Waals surface area contributed by atoms with Gasteiger partial charge in [-0.25, -0.2) is 0 Å². The molecule has 1 rings (SSSR count). The van der Waals surface area contributed by atoms with Crippen molar-refractivity contribution in [2.75, 3.05) is 5.33 Å². The Morgan fingerprint density at radius 2 is 2.07 bits per heavy atom. The molecule has 0 aromatic heterocycles. The molecule has 0 heterocycles. The molecule has 4 heteroatoms. The summed E-state index contributed by atoms with van der Waals surface area (Å²) in [5.74, 6) is 0. The van der Waals surface area contributed by atoms with Crippen molar-refractivity contribution in [2.24, 2.45) is 0 Å². The second kappa shape index (κ2) is 4.31. The maximum atomic E-state index is 10.9. The van der Waals surface area contributed by atoms with Crippen LogP contribution in [0.1, 0.15) is 25.0 Å². The van der Waals surface area contributed by atoms with E-state index in [1.54, 1.807) is 12.1 Å². The predicted molar refractivity (Wildman–Crippen MR) is 64.7 cm³/mol. The number of nitro benzene ring substituents is 1. The van der Waals surface area contributed by atoms with E-state index in [2.05, 4.69) is 15.9 Å². The van der Waals surface area contributed by atoms with Crippen molar-refractivity contribution in [1.29, 1.82) is 0 Å². The zero-order valence-electron chi connectivity index (χ0n) is 9.08. The average Bonchev–Trinajstić information content (AvgIpc) is 2.17. The van der Waals surface area contributed by atoms with E-state index in [1.807, 2.05) is 26.8 Å². The van der Waals surface area contributed by atoms with E-state index in [9.17, 15) is 10.1 Å². The van der Waals surface area contributed by atoms with Crippen LogP contribution in [0.3, 0.4) is 0 Å². The van der Waals surface area contributed by atoms with E-state index >= 15 is 0 Å². The Kier molecular flexibility index (Phi) is 3.50. The molecule has 15 heavy (non-hydrogen) atoms. The first-order valence-corrected chi connectivity index (χ1v) is 5.83. The molecule has 0 saturated carbocycles. The van der Waals surface area contributed by atoms with E-state index < -0.39 is 0 Å². The minimum atomic E-state index is -0.313.